The molecule has 308 valence electrons. The quantitative estimate of drug-likeness (QED) is 0.197. The number of nitrogens with two attached hydrogens (primary N) is 1. The number of aromatic nitrogens is 4. The summed E-state index contributed by atoms with van der Waals surface area (Å²) in [7, 11) is -3.74. The number of rotatable bonds is 5. The van der Waals surface area contributed by atoms with Crippen molar-refractivity contribution < 1.29 is 26.4 Å². The summed E-state index contributed by atoms with van der Waals surface area (Å²) in [6.45, 7) is 4.38. The highest BCUT2D eigenvalue weighted by atomic mass is 32.2. The van der Waals surface area contributed by atoms with Crippen LogP contribution in [0.3, 0.4) is 0 Å². The molecular formula is C40H50N10O6S2. The number of amides is 2. The van der Waals surface area contributed by atoms with Crippen LogP contribution in [0.4, 0.5) is 16.2 Å². The molecule has 6 aliphatic rings. The average Bonchev–Trinajstić information content (AvgIpc) is 4.02. The van der Waals surface area contributed by atoms with E-state index in [9.17, 15) is 26.4 Å². The number of primary sulfonamides is 1. The van der Waals surface area contributed by atoms with Crippen LogP contribution < -0.4 is 15.2 Å². The molecule has 0 fully saturated rings. The van der Waals surface area contributed by atoms with E-state index in [0.29, 0.717) is 26.2 Å². The molecule has 4 aliphatic carbocycles. The van der Waals surface area contributed by atoms with Gasteiger partial charge in [0.1, 0.15) is 0 Å². The van der Waals surface area contributed by atoms with Crippen LogP contribution in [-0.4, -0.2) is 85.5 Å². The summed E-state index contributed by atoms with van der Waals surface area (Å²) in [5.41, 5.74) is 13.9. The Labute approximate surface area is 339 Å². The molecule has 2 aromatic carbocycles. The lowest BCUT2D eigenvalue weighted by Crippen LogP contribution is -2.35. The maximum absolute atomic E-state index is 12.7. The molecule has 2 aliphatic heterocycles. The van der Waals surface area contributed by atoms with E-state index in [-0.39, 0.29) is 10.1 Å². The van der Waals surface area contributed by atoms with Gasteiger partial charge in [0.25, 0.3) is 20.0 Å². The van der Waals surface area contributed by atoms with Crippen LogP contribution >= 0.6 is 0 Å². The molecule has 58 heavy (non-hydrogen) atoms. The van der Waals surface area contributed by atoms with Crippen molar-refractivity contribution in [2.75, 3.05) is 32.5 Å². The topological polar surface area (TPSA) is 207 Å². The third kappa shape index (κ3) is 8.26. The number of anilines is 1. The average molecular weight is 831 g/mol. The fourth-order valence-corrected chi connectivity index (χ4v) is 10.7. The van der Waals surface area contributed by atoms with Crippen molar-refractivity contribution in [2.45, 2.75) is 113 Å². The zero-order valence-electron chi connectivity index (χ0n) is 33.0. The van der Waals surface area contributed by atoms with Gasteiger partial charge in [0.2, 0.25) is 6.08 Å². The first-order valence-corrected chi connectivity index (χ1v) is 23.1. The predicted molar refractivity (Wildman–Crippen MR) is 217 cm³/mol. The van der Waals surface area contributed by atoms with Gasteiger partial charge in [0.05, 0.1) is 30.2 Å². The van der Waals surface area contributed by atoms with E-state index in [4.69, 9.17) is 5.14 Å². The van der Waals surface area contributed by atoms with Crippen LogP contribution in [0.5, 0.6) is 0 Å². The Morgan fingerprint density at radius 3 is 1.60 bits per heavy atom. The predicted octanol–water partition coefficient (Wildman–Crippen LogP) is 3.42. The van der Waals surface area contributed by atoms with Crippen LogP contribution in [0.2, 0.25) is 0 Å². The molecule has 0 saturated carbocycles. The van der Waals surface area contributed by atoms with Crippen molar-refractivity contribution in [3.8, 4) is 0 Å². The molecule has 0 unspecified atom stereocenters. The van der Waals surface area contributed by atoms with E-state index >= 15 is 0 Å². The summed E-state index contributed by atoms with van der Waals surface area (Å²) in [6, 6.07) is 6.97. The number of hydrogen-bond acceptors (Lipinski definition) is 11. The first-order valence-electron chi connectivity index (χ1n) is 20.1. The van der Waals surface area contributed by atoms with Gasteiger partial charge < -0.3 is 5.32 Å². The van der Waals surface area contributed by atoms with Crippen molar-refractivity contribution >= 4 is 43.5 Å². The number of nitrogens with zero attached hydrogens (tertiary/aromatic N) is 7. The number of hydrogen-bond donors (Lipinski definition) is 3. The molecule has 0 spiro atoms. The maximum atomic E-state index is 12.7. The number of carbonyl (C=O) groups is 1. The molecule has 4 N–H and O–H groups in total. The van der Waals surface area contributed by atoms with Gasteiger partial charge in [-0.15, -0.1) is 0 Å². The van der Waals surface area contributed by atoms with Crippen LogP contribution in [0.1, 0.15) is 81.6 Å². The van der Waals surface area contributed by atoms with Crippen molar-refractivity contribution in [3.05, 3.63) is 80.2 Å². The maximum Gasteiger partial charge on any atom is 0.333 e. The number of urea groups is 1. The fourth-order valence-electron chi connectivity index (χ4n) is 9.26. The van der Waals surface area contributed by atoms with Crippen LogP contribution in [0.15, 0.2) is 39.3 Å². The smallest absolute Gasteiger partial charge is 0.307 e. The summed E-state index contributed by atoms with van der Waals surface area (Å²) in [5, 5.41) is 15.8. The highest BCUT2D eigenvalue weighted by Gasteiger charge is 2.29. The van der Waals surface area contributed by atoms with Gasteiger partial charge >= 0.3 is 6.03 Å². The summed E-state index contributed by atoms with van der Waals surface area (Å²) in [5.74, 6) is 0. The second kappa shape index (κ2) is 16.2. The van der Waals surface area contributed by atoms with Gasteiger partial charge in [-0.1, -0.05) is 12.1 Å². The van der Waals surface area contributed by atoms with Crippen LogP contribution in [-0.2, 0) is 102 Å². The fraction of sp³-hybridized carbons (Fsp3) is 0.500. The van der Waals surface area contributed by atoms with Crippen molar-refractivity contribution in [2.24, 2.45) is 10.1 Å². The highest BCUT2D eigenvalue weighted by molar-refractivity contribution is 7.90. The Morgan fingerprint density at radius 2 is 1.12 bits per heavy atom. The lowest BCUT2D eigenvalue weighted by atomic mass is 9.99. The third-order valence-electron chi connectivity index (χ3n) is 12.0. The largest absolute Gasteiger partial charge is 0.333 e. The van der Waals surface area contributed by atoms with Gasteiger partial charge in [-0.2, -0.15) is 23.6 Å². The molecule has 10 rings (SSSR count). The molecule has 0 radical (unpaired) electrons. The van der Waals surface area contributed by atoms with Gasteiger partial charge in [-0.05, 0) is 136 Å². The zero-order chi connectivity index (χ0) is 40.8. The minimum atomic E-state index is -4.03. The lowest BCUT2D eigenvalue weighted by molar-refractivity contribution is 0.256. The molecular weight excluding hydrogens is 781 g/mol. The number of carbonyl (C=O) groups excluding carboxylic acids is 2. The summed E-state index contributed by atoms with van der Waals surface area (Å²) >= 11 is 0. The first kappa shape index (κ1) is 40.1. The second-order valence-corrected chi connectivity index (χ2v) is 19.3. The SMILES string of the molecule is CN1CCn2nc(S(=O)(=O)NC(=O)Nc3c4c(cc5c3CCC5)CCC4)cc2C1.CN1CCn2nc(S(N)(=O)=O)cc2C1.O=C=Nc1c2c(cc3c1CCC3)CCC2. The van der Waals surface area contributed by atoms with Crippen molar-refractivity contribution in [3.63, 3.8) is 0 Å². The Balaban J connectivity index is 0.000000135. The van der Waals surface area contributed by atoms with Crippen LogP contribution in [0, 0.1) is 0 Å². The number of isocyanates is 1. The van der Waals surface area contributed by atoms with Gasteiger partial charge in [-0.25, -0.2) is 27.9 Å². The molecule has 0 saturated heterocycles. The number of sulfonamides is 2. The molecule has 4 heterocycles. The first-order chi connectivity index (χ1) is 27.8. The normalized spacial score (nSPS) is 17.9. The minimum absolute atomic E-state index is 0.0391. The monoisotopic (exact) mass is 830 g/mol. The number of aryl methyl sites for hydroxylation is 4. The Bertz CT molecular complexity index is 2490. The van der Waals surface area contributed by atoms with E-state index in [0.717, 1.165) is 100 Å². The second-order valence-electron chi connectivity index (χ2n) is 16.1. The van der Waals surface area contributed by atoms with Gasteiger partial charge in [0.15, 0.2) is 10.1 Å². The summed E-state index contributed by atoms with van der Waals surface area (Å²) < 4.78 is 53.1. The Kier molecular flexibility index (Phi) is 11.2. The molecule has 18 heteroatoms. The Hall–Kier alpha value is -4.71. The number of benzene rings is 2. The molecule has 0 atom stereocenters. The third-order valence-corrected chi connectivity index (χ3v) is 14.0. The summed E-state index contributed by atoms with van der Waals surface area (Å²) in [6.07, 6.45) is 14.6. The lowest BCUT2D eigenvalue weighted by Gasteiger charge is -2.22. The standard InChI is InChI=1S/C20H25N5O3S.C13H13NO.C7H12N4O2S/c1-24-8-9-25-15(12-24)11-18(22-25)29(27,28)23-20(26)21-19-16-6-2-4-13(16)10-14-5-3-7-17(14)19;15-8-14-13-11-5-1-3-9(11)7-10-4-2-6-12(10)13;1-10-2-3-11-6(5-10)4-7(9-11)14(8,12)13/h10-11H,2-9,12H2,1H3,(H2,21,23,26);7H,1-6H2;4H,2-3,5H2,1H3,(H2,8,12,13). The number of aliphatic imine (C=N–C) groups is 1. The summed E-state index contributed by atoms with van der Waals surface area (Å²) in [4.78, 5) is 31.3. The van der Waals surface area contributed by atoms with Gasteiger partial charge in [-0.3, -0.25) is 19.2 Å². The molecule has 0 bridgehead atoms. The van der Waals surface area contributed by atoms with Gasteiger partial charge in [0, 0.05) is 44.0 Å². The molecule has 2 aromatic heterocycles. The van der Waals surface area contributed by atoms with E-state index in [2.05, 4.69) is 47.2 Å². The molecule has 2 amide bonds. The van der Waals surface area contributed by atoms with E-state index in [1.807, 2.05) is 14.1 Å². The number of likely N-dealkylation sites (N-methyl/N-ethyl adjacent to an activating group) is 2. The van der Waals surface area contributed by atoms with Crippen molar-refractivity contribution in [1.82, 2.24) is 34.1 Å². The molecule has 4 aromatic rings. The highest BCUT2D eigenvalue weighted by Crippen LogP contribution is 2.40. The van der Waals surface area contributed by atoms with E-state index in [1.165, 1.54) is 63.4 Å². The Morgan fingerprint density at radius 1 is 0.672 bits per heavy atom. The minimum Gasteiger partial charge on any atom is -0.307 e. The van der Waals surface area contributed by atoms with E-state index in [1.54, 1.807) is 21.5 Å². The number of nitrogens with one attached hydrogen (secondary N) is 2. The van der Waals surface area contributed by atoms with E-state index < -0.39 is 26.1 Å². The van der Waals surface area contributed by atoms with Crippen LogP contribution in [0.25, 0.3) is 0 Å². The van der Waals surface area contributed by atoms with Crippen molar-refractivity contribution in [1.29, 1.82) is 0 Å². The number of fused-ring (bicyclic) bond motifs is 6. The zero-order valence-corrected chi connectivity index (χ0v) is 34.6. The molecule has 16 nitrogen and oxygen atoms in total.